The summed E-state index contributed by atoms with van der Waals surface area (Å²) >= 11 is 0. The maximum Gasteiger partial charge on any atom is 0.128 e. The Morgan fingerprint density at radius 1 is 1.37 bits per heavy atom. The molecule has 1 aromatic rings. The number of likely N-dealkylation sites (tertiary alicyclic amines) is 1. The number of nitrogens with two attached hydrogens (primary N) is 1. The third kappa shape index (κ3) is 3.31. The minimum absolute atomic E-state index is 0.104. The molecule has 1 fully saturated rings. The third-order valence-electron chi connectivity index (χ3n) is 4.08. The minimum Gasteiger partial charge on any atom is -0.330 e. The molecule has 1 heterocycles. The van der Waals surface area contributed by atoms with E-state index in [1.165, 1.54) is 24.6 Å². The van der Waals surface area contributed by atoms with Crippen LogP contribution in [0, 0.1) is 11.6 Å². The predicted octanol–water partition coefficient (Wildman–Crippen LogP) is 3.23. The molecule has 1 aliphatic rings. The summed E-state index contributed by atoms with van der Waals surface area (Å²) in [5.74, 6) is -0.707. The van der Waals surface area contributed by atoms with Gasteiger partial charge >= 0.3 is 0 Å². The molecule has 2 N–H and O–H groups in total. The van der Waals surface area contributed by atoms with E-state index < -0.39 is 0 Å². The van der Waals surface area contributed by atoms with Gasteiger partial charge in [0.05, 0.1) is 0 Å². The van der Waals surface area contributed by atoms with Crippen molar-refractivity contribution in [2.75, 3.05) is 13.1 Å². The SMILES string of the molecule is CC(c1cc(F)ccc1F)N1CCCCC1CCN. The molecule has 1 aromatic carbocycles. The first kappa shape index (κ1) is 14.4. The van der Waals surface area contributed by atoms with Gasteiger partial charge in [0, 0.05) is 17.6 Å². The van der Waals surface area contributed by atoms with Crippen LogP contribution in [0.4, 0.5) is 8.78 Å². The van der Waals surface area contributed by atoms with E-state index >= 15 is 0 Å². The van der Waals surface area contributed by atoms with Crippen LogP contribution in [-0.2, 0) is 0 Å². The van der Waals surface area contributed by atoms with Crippen LogP contribution in [0.3, 0.4) is 0 Å². The maximum absolute atomic E-state index is 13.9. The highest BCUT2D eigenvalue weighted by molar-refractivity contribution is 5.22. The lowest BCUT2D eigenvalue weighted by Crippen LogP contribution is -2.42. The molecule has 0 aliphatic carbocycles. The van der Waals surface area contributed by atoms with Gasteiger partial charge in [0.25, 0.3) is 0 Å². The van der Waals surface area contributed by atoms with Crippen molar-refractivity contribution in [2.24, 2.45) is 5.73 Å². The Hall–Kier alpha value is -1.00. The average Bonchev–Trinajstić information content (AvgIpc) is 2.42. The summed E-state index contributed by atoms with van der Waals surface area (Å²) < 4.78 is 27.2. The summed E-state index contributed by atoms with van der Waals surface area (Å²) in [5, 5.41) is 0. The second-order valence-electron chi connectivity index (χ2n) is 5.31. The summed E-state index contributed by atoms with van der Waals surface area (Å²) in [4.78, 5) is 2.27. The van der Waals surface area contributed by atoms with Crippen molar-refractivity contribution in [1.29, 1.82) is 0 Å². The topological polar surface area (TPSA) is 29.3 Å². The highest BCUT2D eigenvalue weighted by atomic mass is 19.1. The van der Waals surface area contributed by atoms with Crippen LogP contribution in [0.15, 0.2) is 18.2 Å². The van der Waals surface area contributed by atoms with Crippen molar-refractivity contribution in [3.63, 3.8) is 0 Å². The van der Waals surface area contributed by atoms with Gasteiger partial charge in [-0.15, -0.1) is 0 Å². The van der Waals surface area contributed by atoms with E-state index in [1.54, 1.807) is 0 Å². The molecule has 0 bridgehead atoms. The number of hydrogen-bond acceptors (Lipinski definition) is 2. The smallest absolute Gasteiger partial charge is 0.128 e. The van der Waals surface area contributed by atoms with E-state index in [4.69, 9.17) is 5.73 Å². The van der Waals surface area contributed by atoms with E-state index in [-0.39, 0.29) is 17.7 Å². The van der Waals surface area contributed by atoms with Crippen LogP contribution in [0.1, 0.15) is 44.2 Å². The Kier molecular flexibility index (Phi) is 4.88. The summed E-state index contributed by atoms with van der Waals surface area (Å²) in [6, 6.07) is 3.97. The second-order valence-corrected chi connectivity index (χ2v) is 5.31. The highest BCUT2D eigenvalue weighted by Crippen LogP contribution is 2.31. The first-order chi connectivity index (χ1) is 9.13. The molecular formula is C15H22F2N2. The van der Waals surface area contributed by atoms with Crippen LogP contribution < -0.4 is 5.73 Å². The van der Waals surface area contributed by atoms with E-state index in [0.29, 0.717) is 18.2 Å². The number of benzene rings is 1. The Morgan fingerprint density at radius 2 is 2.16 bits per heavy atom. The summed E-state index contributed by atoms with van der Waals surface area (Å²) in [6.45, 7) is 3.52. The van der Waals surface area contributed by atoms with Crippen LogP contribution in [-0.4, -0.2) is 24.0 Å². The first-order valence-corrected chi connectivity index (χ1v) is 7.04. The molecular weight excluding hydrogens is 246 g/mol. The van der Waals surface area contributed by atoms with Crippen molar-refractivity contribution in [3.05, 3.63) is 35.4 Å². The van der Waals surface area contributed by atoms with Gasteiger partial charge in [-0.2, -0.15) is 0 Å². The Labute approximate surface area is 113 Å². The molecule has 2 nitrogen and oxygen atoms in total. The van der Waals surface area contributed by atoms with Crippen molar-refractivity contribution in [1.82, 2.24) is 4.90 Å². The quantitative estimate of drug-likeness (QED) is 0.908. The van der Waals surface area contributed by atoms with Crippen LogP contribution in [0.25, 0.3) is 0 Å². The molecule has 0 saturated carbocycles. The van der Waals surface area contributed by atoms with Gasteiger partial charge in [-0.05, 0) is 57.5 Å². The molecule has 2 unspecified atom stereocenters. The normalized spacial score (nSPS) is 22.4. The summed E-state index contributed by atoms with van der Waals surface area (Å²) in [5.41, 5.74) is 6.10. The number of rotatable bonds is 4. The molecule has 1 aliphatic heterocycles. The van der Waals surface area contributed by atoms with Gasteiger partial charge in [0.1, 0.15) is 11.6 Å². The van der Waals surface area contributed by atoms with E-state index in [2.05, 4.69) is 4.90 Å². The van der Waals surface area contributed by atoms with Gasteiger partial charge in [-0.25, -0.2) is 8.78 Å². The van der Waals surface area contributed by atoms with Crippen molar-refractivity contribution >= 4 is 0 Å². The molecule has 106 valence electrons. The largest absolute Gasteiger partial charge is 0.330 e. The van der Waals surface area contributed by atoms with Gasteiger partial charge < -0.3 is 5.73 Å². The van der Waals surface area contributed by atoms with Gasteiger partial charge in [-0.1, -0.05) is 6.42 Å². The third-order valence-corrected chi connectivity index (χ3v) is 4.08. The number of halogens is 2. The maximum atomic E-state index is 13.9. The fourth-order valence-electron chi connectivity index (χ4n) is 3.05. The zero-order valence-electron chi connectivity index (χ0n) is 11.4. The molecule has 0 amide bonds. The Bertz CT molecular complexity index is 421. The number of piperidine rings is 1. The van der Waals surface area contributed by atoms with Crippen LogP contribution in [0.2, 0.25) is 0 Å². The molecule has 0 aromatic heterocycles. The van der Waals surface area contributed by atoms with E-state index in [9.17, 15) is 8.78 Å². The number of hydrogen-bond donors (Lipinski definition) is 1. The molecule has 1 saturated heterocycles. The lowest BCUT2D eigenvalue weighted by molar-refractivity contribution is 0.0964. The standard InChI is InChI=1S/C15H22F2N2/c1-11(14-10-12(16)5-6-15(14)17)19-9-3-2-4-13(19)7-8-18/h5-6,10-11,13H,2-4,7-9,18H2,1H3. The first-order valence-electron chi connectivity index (χ1n) is 7.04. The van der Waals surface area contributed by atoms with Crippen molar-refractivity contribution in [3.8, 4) is 0 Å². The molecule has 0 spiro atoms. The molecule has 4 heteroatoms. The monoisotopic (exact) mass is 268 g/mol. The highest BCUT2D eigenvalue weighted by Gasteiger charge is 2.28. The van der Waals surface area contributed by atoms with Crippen molar-refractivity contribution in [2.45, 2.75) is 44.7 Å². The molecule has 2 rings (SSSR count). The fraction of sp³-hybridized carbons (Fsp3) is 0.600. The van der Waals surface area contributed by atoms with Gasteiger partial charge in [0.15, 0.2) is 0 Å². The summed E-state index contributed by atoms with van der Waals surface area (Å²) in [7, 11) is 0. The van der Waals surface area contributed by atoms with E-state index in [1.807, 2.05) is 6.92 Å². The van der Waals surface area contributed by atoms with Crippen LogP contribution in [0.5, 0.6) is 0 Å². The van der Waals surface area contributed by atoms with Gasteiger partial charge in [-0.3, -0.25) is 4.90 Å². The molecule has 0 radical (unpaired) electrons. The zero-order chi connectivity index (χ0) is 13.8. The lowest BCUT2D eigenvalue weighted by atomic mass is 9.95. The predicted molar refractivity (Wildman–Crippen MR) is 72.8 cm³/mol. The number of nitrogens with zero attached hydrogens (tertiary/aromatic N) is 1. The zero-order valence-corrected chi connectivity index (χ0v) is 11.4. The fourth-order valence-corrected chi connectivity index (χ4v) is 3.05. The molecule has 2 atom stereocenters. The minimum atomic E-state index is -0.379. The lowest BCUT2D eigenvalue weighted by Gasteiger charge is -2.40. The average molecular weight is 268 g/mol. The van der Waals surface area contributed by atoms with Crippen molar-refractivity contribution < 1.29 is 8.78 Å². The second kappa shape index (κ2) is 6.44. The summed E-state index contributed by atoms with van der Waals surface area (Å²) in [6.07, 6.45) is 4.32. The Morgan fingerprint density at radius 3 is 2.89 bits per heavy atom. The van der Waals surface area contributed by atoms with Crippen LogP contribution >= 0.6 is 0 Å². The molecule has 19 heavy (non-hydrogen) atoms. The van der Waals surface area contributed by atoms with Gasteiger partial charge in [0.2, 0.25) is 0 Å². The van der Waals surface area contributed by atoms with E-state index in [0.717, 1.165) is 25.8 Å². The Balaban J connectivity index is 2.20.